The summed E-state index contributed by atoms with van der Waals surface area (Å²) in [7, 11) is 9.15. The number of cyclic esters (lactones) is 1. The highest BCUT2D eigenvalue weighted by Crippen LogP contribution is 2.65. The summed E-state index contributed by atoms with van der Waals surface area (Å²) < 4.78 is 50.6. The number of hydrogen-bond donors (Lipinski definition) is 0. The van der Waals surface area contributed by atoms with Crippen LogP contribution in [0.5, 0.6) is 0 Å². The Hall–Kier alpha value is -2.75. The molecule has 0 radical (unpaired) electrons. The maximum Gasteiger partial charge on any atom is 0.306 e. The Kier molecular flexibility index (Phi) is 14.0. The van der Waals surface area contributed by atoms with Crippen LogP contribution in [0.2, 0.25) is 0 Å². The lowest BCUT2D eigenvalue weighted by molar-refractivity contribution is -0.314. The molecule has 19 atom stereocenters. The van der Waals surface area contributed by atoms with Crippen molar-refractivity contribution in [3.05, 3.63) is 41.5 Å². The van der Waals surface area contributed by atoms with Crippen molar-refractivity contribution >= 4 is 23.2 Å². The summed E-state index contributed by atoms with van der Waals surface area (Å²) in [4.78, 5) is 46.3. The first-order valence-electron chi connectivity index (χ1n) is 23.5. The molecule has 1 aromatic carbocycles. The molecule has 62 heavy (non-hydrogen) atoms. The zero-order valence-electron chi connectivity index (χ0n) is 38.6. The summed E-state index contributed by atoms with van der Waals surface area (Å²) >= 11 is 0. The minimum Gasteiger partial charge on any atom is -0.462 e. The van der Waals surface area contributed by atoms with Gasteiger partial charge in [-0.3, -0.25) is 14.4 Å². The van der Waals surface area contributed by atoms with Gasteiger partial charge in [-0.2, -0.15) is 0 Å². The third kappa shape index (κ3) is 8.71. The van der Waals surface area contributed by atoms with E-state index in [0.29, 0.717) is 18.0 Å². The van der Waals surface area contributed by atoms with Gasteiger partial charge in [-0.1, -0.05) is 19.9 Å². The van der Waals surface area contributed by atoms with Gasteiger partial charge in [0.25, 0.3) is 0 Å². The predicted octanol–water partition coefficient (Wildman–Crippen LogP) is 6.39. The monoisotopic (exact) mass is 865 g/mol. The molecule has 344 valence electrons. The average Bonchev–Trinajstić information content (AvgIpc) is 3.65. The maximum atomic E-state index is 15.2. The van der Waals surface area contributed by atoms with Gasteiger partial charge in [0.05, 0.1) is 42.9 Å². The number of esters is 1. The van der Waals surface area contributed by atoms with E-state index in [1.165, 1.54) is 0 Å². The SMILES string of the molecule is CC[C@H]1CCC[C@H](O[C@H]2CC[C@H](N(C)C)C(C)O2)[C@@H](C)C(=O)C2=C[C@H]3[C@@H]4C[C@H](O[C@@H]5OC(C)[C@H](OC)C(OC)[C@@H]5OC)C[C@H]4[C@H]4[C@@H]([C@H]3[C@@H]2CC(=O)O1)N4c1ccc(C(C)=O)cc1. The molecule has 0 amide bonds. The van der Waals surface area contributed by atoms with Gasteiger partial charge in [-0.25, -0.2) is 0 Å². The molecule has 4 aliphatic heterocycles. The fourth-order valence-corrected chi connectivity index (χ4v) is 12.9. The van der Waals surface area contributed by atoms with Crippen molar-refractivity contribution in [1.29, 1.82) is 0 Å². The van der Waals surface area contributed by atoms with Crippen molar-refractivity contribution in [1.82, 2.24) is 4.90 Å². The lowest BCUT2D eigenvalue weighted by atomic mass is 9.66. The van der Waals surface area contributed by atoms with E-state index < -0.39 is 18.3 Å². The quantitative estimate of drug-likeness (QED) is 0.139. The smallest absolute Gasteiger partial charge is 0.306 e. The van der Waals surface area contributed by atoms with Crippen molar-refractivity contribution in [3.63, 3.8) is 0 Å². The second-order valence-electron chi connectivity index (χ2n) is 19.6. The number of anilines is 1. The summed E-state index contributed by atoms with van der Waals surface area (Å²) in [5.41, 5.74) is 2.47. The average molecular weight is 865 g/mol. The van der Waals surface area contributed by atoms with Crippen molar-refractivity contribution < 1.29 is 52.3 Å². The number of methoxy groups -OCH3 is 3. The van der Waals surface area contributed by atoms with Crippen LogP contribution in [0.4, 0.5) is 5.69 Å². The third-order valence-corrected chi connectivity index (χ3v) is 16.0. The summed E-state index contributed by atoms with van der Waals surface area (Å²) in [5, 5.41) is 0. The van der Waals surface area contributed by atoms with E-state index in [9.17, 15) is 9.59 Å². The summed E-state index contributed by atoms with van der Waals surface area (Å²) in [6.07, 6.45) is 5.49. The van der Waals surface area contributed by atoms with Crippen molar-refractivity contribution in [2.24, 2.45) is 35.5 Å². The lowest BCUT2D eigenvalue weighted by Crippen LogP contribution is -2.59. The van der Waals surface area contributed by atoms with E-state index in [1.54, 1.807) is 28.3 Å². The molecular weight excluding hydrogens is 793 g/mol. The Morgan fingerprint density at radius 2 is 1.55 bits per heavy atom. The Morgan fingerprint density at radius 1 is 0.839 bits per heavy atom. The van der Waals surface area contributed by atoms with Crippen molar-refractivity contribution in [2.45, 2.75) is 172 Å². The highest BCUT2D eigenvalue weighted by Gasteiger charge is 2.69. The van der Waals surface area contributed by atoms with Gasteiger partial charge in [-0.15, -0.1) is 0 Å². The number of Topliss-reactive ketones (excluding diaryl/α,β-unsaturated/α-hetero) is 2. The predicted molar refractivity (Wildman–Crippen MR) is 232 cm³/mol. The second kappa shape index (κ2) is 19.0. The highest BCUT2D eigenvalue weighted by atomic mass is 16.7. The summed E-state index contributed by atoms with van der Waals surface area (Å²) in [5.74, 6) is -0.357. The van der Waals surface area contributed by atoms with Gasteiger partial charge >= 0.3 is 5.97 Å². The number of carbonyl (C=O) groups is 3. The van der Waals surface area contributed by atoms with Gasteiger partial charge in [0.1, 0.15) is 24.4 Å². The van der Waals surface area contributed by atoms with E-state index in [-0.39, 0.29) is 115 Å². The van der Waals surface area contributed by atoms with Crippen molar-refractivity contribution in [3.8, 4) is 0 Å². The number of benzene rings is 1. The van der Waals surface area contributed by atoms with E-state index in [1.807, 2.05) is 38.1 Å². The summed E-state index contributed by atoms with van der Waals surface area (Å²) in [6, 6.07) is 8.50. The topological polar surface area (TPSA) is 131 Å². The van der Waals surface area contributed by atoms with Crippen LogP contribution in [0.15, 0.2) is 35.9 Å². The van der Waals surface area contributed by atoms with Crippen molar-refractivity contribution in [2.75, 3.05) is 40.3 Å². The fourth-order valence-electron chi connectivity index (χ4n) is 12.9. The largest absolute Gasteiger partial charge is 0.462 e. The maximum absolute atomic E-state index is 15.2. The Bertz CT molecular complexity index is 1790. The molecule has 13 heteroatoms. The number of rotatable bonds is 11. The molecule has 6 fully saturated rings. The van der Waals surface area contributed by atoms with Crippen LogP contribution < -0.4 is 4.90 Å². The molecule has 3 aliphatic carbocycles. The number of allylic oxidation sites excluding steroid dienone is 2. The first-order chi connectivity index (χ1) is 29.8. The van der Waals surface area contributed by atoms with Gasteiger partial charge in [0.2, 0.25) is 0 Å². The first-order valence-corrected chi connectivity index (χ1v) is 23.5. The number of hydrogen-bond acceptors (Lipinski definition) is 13. The number of likely N-dealkylation sites (N-methyl/N-ethyl adjacent to an activating group) is 1. The Labute approximate surface area is 368 Å². The minimum atomic E-state index is -0.653. The van der Waals surface area contributed by atoms with Crippen LogP contribution in [0.1, 0.15) is 103 Å². The minimum absolute atomic E-state index is 0.00679. The Balaban J connectivity index is 1.11. The number of ether oxygens (including phenoxy) is 8. The zero-order chi connectivity index (χ0) is 44.1. The summed E-state index contributed by atoms with van der Waals surface area (Å²) in [6.45, 7) is 9.76. The van der Waals surface area contributed by atoms with E-state index in [4.69, 9.17) is 37.9 Å². The molecule has 8 rings (SSSR count). The number of carbonyl (C=O) groups excluding carboxylic acids is 3. The number of fused-ring (bicyclic) bond motifs is 8. The standard InChI is InChI=1S/C49H72N2O11/c1-11-31-13-12-14-39(62-41-20-19-38(50(6)7)27(4)58-41)25(2)45(54)37-23-34-33-21-32(61-49-48(57-10)47(56-9)46(55-8)28(5)59-49)22-36(33)43-44(42(34)35(37)24-40(53)60-31)51(43)30-17-15-29(16-18-30)26(3)52/h15-18,23,25,27-28,31-36,38-39,41-44,46-49H,11-14,19-22,24H2,1-10H3/t25-,27?,28?,31+,32+,33+,34+,35-,36-,38+,39+,41+,42-,43+,44-,46+,47?,48+,49+,51?/m1/s1. The molecule has 0 N–H and O–H groups in total. The van der Waals surface area contributed by atoms with Gasteiger partial charge in [-0.05, 0) is 140 Å². The molecule has 0 aromatic heterocycles. The first kappa shape index (κ1) is 45.8. The molecule has 3 unspecified atom stereocenters. The molecule has 13 nitrogen and oxygen atoms in total. The molecule has 2 saturated carbocycles. The van der Waals surface area contributed by atoms with Crippen LogP contribution >= 0.6 is 0 Å². The second-order valence-corrected chi connectivity index (χ2v) is 19.6. The Morgan fingerprint density at radius 3 is 2.19 bits per heavy atom. The molecule has 7 aliphatic rings. The van der Waals surface area contributed by atoms with Crippen LogP contribution in [0.25, 0.3) is 0 Å². The molecule has 0 bridgehead atoms. The van der Waals surface area contributed by atoms with Gasteiger partial charge in [0, 0.05) is 50.5 Å². The molecule has 0 spiro atoms. The van der Waals surface area contributed by atoms with Gasteiger partial charge < -0.3 is 47.7 Å². The molecule has 4 heterocycles. The van der Waals surface area contributed by atoms with E-state index in [2.05, 4.69) is 43.8 Å². The van der Waals surface area contributed by atoms with Gasteiger partial charge in [0.15, 0.2) is 24.1 Å². The molecule has 1 aromatic rings. The third-order valence-electron chi connectivity index (χ3n) is 16.0. The molecule has 4 saturated heterocycles. The van der Waals surface area contributed by atoms with Crippen LogP contribution in [0, 0.1) is 35.5 Å². The normalized spacial score (nSPS) is 43.4. The number of nitrogens with zero attached hydrogens (tertiary/aromatic N) is 2. The van der Waals surface area contributed by atoms with Crippen LogP contribution in [-0.4, -0.2) is 137 Å². The van der Waals surface area contributed by atoms with Crippen LogP contribution in [0.3, 0.4) is 0 Å². The highest BCUT2D eigenvalue weighted by molar-refractivity contribution is 5.99. The lowest BCUT2D eigenvalue weighted by Gasteiger charge is -2.44. The fraction of sp³-hybridized carbons (Fsp3) is 0.776. The van der Waals surface area contributed by atoms with E-state index >= 15 is 4.79 Å². The molecular formula is C49H72N2O11. The van der Waals surface area contributed by atoms with Crippen LogP contribution in [-0.2, 0) is 47.5 Å². The van der Waals surface area contributed by atoms with E-state index in [0.717, 1.165) is 56.2 Å². The zero-order valence-corrected chi connectivity index (χ0v) is 38.6. The number of ketones is 2.